The number of hydrazine groups is 1. The second-order valence-electron chi connectivity index (χ2n) is 7.19. The lowest BCUT2D eigenvalue weighted by Crippen LogP contribution is -2.46. The van der Waals surface area contributed by atoms with Crippen molar-refractivity contribution in [2.24, 2.45) is 0 Å². The molecule has 32 heavy (non-hydrogen) atoms. The molecular weight excluding hydrogens is 438 g/mol. The lowest BCUT2D eigenvalue weighted by molar-refractivity contribution is -0.145. The van der Waals surface area contributed by atoms with Gasteiger partial charge in [0.2, 0.25) is 0 Å². The Kier molecular flexibility index (Phi) is 6.12. The second kappa shape index (κ2) is 8.98. The first-order chi connectivity index (χ1) is 15.3. The largest absolute Gasteiger partial charge is 0.442 e. The zero-order valence-corrected chi connectivity index (χ0v) is 16.6. The zero-order chi connectivity index (χ0) is 22.8. The third kappa shape index (κ3) is 4.44. The summed E-state index contributed by atoms with van der Waals surface area (Å²) in [6.45, 7) is 0.152. The van der Waals surface area contributed by atoms with E-state index in [9.17, 15) is 27.2 Å². The van der Waals surface area contributed by atoms with Crippen molar-refractivity contribution in [1.29, 1.82) is 0 Å². The van der Waals surface area contributed by atoms with Crippen molar-refractivity contribution in [3.05, 3.63) is 36.2 Å². The summed E-state index contributed by atoms with van der Waals surface area (Å²) in [6, 6.07) is 2.02. The summed E-state index contributed by atoms with van der Waals surface area (Å²) in [5, 5.41) is 8.19. The van der Waals surface area contributed by atoms with E-state index in [4.69, 9.17) is 4.74 Å². The highest BCUT2D eigenvalue weighted by Crippen LogP contribution is 2.31. The molecule has 2 amide bonds. The van der Waals surface area contributed by atoms with Crippen molar-refractivity contribution in [1.82, 2.24) is 25.4 Å². The van der Waals surface area contributed by atoms with E-state index in [0.29, 0.717) is 0 Å². The van der Waals surface area contributed by atoms with E-state index in [0.717, 1.165) is 22.0 Å². The molecular formula is C18H19F4N7O3. The molecule has 2 aliphatic heterocycles. The number of hydrogen-bond donors (Lipinski definition) is 1. The number of anilines is 2. The third-order valence-electron chi connectivity index (χ3n) is 5.10. The van der Waals surface area contributed by atoms with Gasteiger partial charge in [-0.15, -0.1) is 5.10 Å². The summed E-state index contributed by atoms with van der Waals surface area (Å²) in [5.41, 5.74) is 2.14. The van der Waals surface area contributed by atoms with Crippen molar-refractivity contribution in [3.8, 4) is 0 Å². The van der Waals surface area contributed by atoms with E-state index < -0.39 is 36.2 Å². The van der Waals surface area contributed by atoms with Crippen LogP contribution in [0.2, 0.25) is 0 Å². The van der Waals surface area contributed by atoms with Crippen molar-refractivity contribution < 1.29 is 31.9 Å². The smallest absolute Gasteiger partial charge is 0.414 e. The molecule has 1 N–H and O–H groups in total. The number of ether oxygens (including phenoxy) is 1. The van der Waals surface area contributed by atoms with Gasteiger partial charge in [0.05, 0.1) is 31.5 Å². The highest BCUT2D eigenvalue weighted by Gasteiger charge is 2.34. The van der Waals surface area contributed by atoms with Crippen LogP contribution in [0, 0.1) is 11.6 Å². The first-order valence-electron chi connectivity index (χ1n) is 9.72. The quantitative estimate of drug-likeness (QED) is 0.670. The first-order valence-corrected chi connectivity index (χ1v) is 9.72. The van der Waals surface area contributed by atoms with Gasteiger partial charge in [-0.2, -0.15) is 8.78 Å². The molecule has 0 bridgehead atoms. The maximum atomic E-state index is 14.9. The van der Waals surface area contributed by atoms with E-state index in [1.54, 1.807) is 6.20 Å². The van der Waals surface area contributed by atoms with Gasteiger partial charge < -0.3 is 9.64 Å². The molecule has 1 atom stereocenters. The molecule has 0 saturated carbocycles. The number of cyclic esters (lactones) is 1. The molecule has 0 radical (unpaired) electrons. The van der Waals surface area contributed by atoms with Gasteiger partial charge in [-0.1, -0.05) is 5.21 Å². The number of rotatable bonds is 5. The highest BCUT2D eigenvalue weighted by molar-refractivity contribution is 5.90. The summed E-state index contributed by atoms with van der Waals surface area (Å²) in [6.07, 6.45) is -1.45. The van der Waals surface area contributed by atoms with Gasteiger partial charge in [-0.3, -0.25) is 14.7 Å². The Hall–Kier alpha value is -3.42. The van der Waals surface area contributed by atoms with Crippen LogP contribution >= 0.6 is 0 Å². The van der Waals surface area contributed by atoms with Crippen LogP contribution < -0.4 is 15.2 Å². The number of nitrogens with zero attached hydrogens (tertiary/aromatic N) is 6. The Morgan fingerprint density at radius 1 is 1.22 bits per heavy atom. The molecule has 1 aromatic carbocycles. The standard InChI is InChI=1S/C18H19F4N7O3/c19-13-7-11(28-10-12(32-18(28)31)9-27-4-1-23-25-27)8-14(20)15(13)26-3-2-24-29(6-5-26)17(30)16(21)22/h1,4,7-8,12,16,24H,2-3,5-6,9-10H2/t12-/m0/s1. The molecule has 0 unspecified atom stereocenters. The van der Waals surface area contributed by atoms with Gasteiger partial charge in [-0.05, 0) is 0 Å². The molecule has 2 aromatic rings. The van der Waals surface area contributed by atoms with Crippen LogP contribution in [0.25, 0.3) is 0 Å². The average Bonchev–Trinajstić information content (AvgIpc) is 3.31. The summed E-state index contributed by atoms with van der Waals surface area (Å²) >= 11 is 0. The van der Waals surface area contributed by atoms with Crippen LogP contribution in [-0.2, 0) is 16.1 Å². The van der Waals surface area contributed by atoms with Gasteiger partial charge in [-0.25, -0.2) is 23.7 Å². The van der Waals surface area contributed by atoms with Crippen LogP contribution in [0.3, 0.4) is 0 Å². The van der Waals surface area contributed by atoms with Crippen LogP contribution in [0.5, 0.6) is 0 Å². The van der Waals surface area contributed by atoms with Gasteiger partial charge in [0, 0.05) is 38.0 Å². The summed E-state index contributed by atoms with van der Waals surface area (Å²) in [4.78, 5) is 26.1. The Morgan fingerprint density at radius 3 is 2.62 bits per heavy atom. The fraction of sp³-hybridized carbons (Fsp3) is 0.444. The molecule has 0 spiro atoms. The molecule has 2 aliphatic rings. The number of alkyl halides is 2. The molecule has 14 heteroatoms. The molecule has 1 aromatic heterocycles. The summed E-state index contributed by atoms with van der Waals surface area (Å²) in [5.74, 6) is -3.27. The lowest BCUT2D eigenvalue weighted by atomic mass is 10.2. The third-order valence-corrected chi connectivity index (χ3v) is 5.10. The fourth-order valence-electron chi connectivity index (χ4n) is 3.64. The molecule has 2 fully saturated rings. The number of hydrogen-bond acceptors (Lipinski definition) is 7. The van der Waals surface area contributed by atoms with Gasteiger partial charge in [0.1, 0.15) is 11.8 Å². The predicted molar refractivity (Wildman–Crippen MR) is 102 cm³/mol. The minimum atomic E-state index is -3.18. The topological polar surface area (TPSA) is 95.8 Å². The molecule has 2 saturated heterocycles. The highest BCUT2D eigenvalue weighted by atomic mass is 19.3. The van der Waals surface area contributed by atoms with Gasteiger partial charge >= 0.3 is 18.4 Å². The SMILES string of the molecule is O=C(C(F)F)N1CCN(c2c(F)cc(N3C[C@H](Cn4ccnn4)OC3=O)cc2F)CCN1. The number of carbonyl (C=O) groups is 2. The van der Waals surface area contributed by atoms with Crippen molar-refractivity contribution in [2.45, 2.75) is 19.1 Å². The van der Waals surface area contributed by atoms with Crippen LogP contribution in [0.15, 0.2) is 24.5 Å². The maximum absolute atomic E-state index is 14.9. The molecule has 3 heterocycles. The number of aromatic nitrogens is 3. The number of benzene rings is 1. The average molecular weight is 457 g/mol. The minimum absolute atomic E-state index is 0.0164. The summed E-state index contributed by atoms with van der Waals surface area (Å²) in [7, 11) is 0. The van der Waals surface area contributed by atoms with E-state index in [-0.39, 0.29) is 50.6 Å². The maximum Gasteiger partial charge on any atom is 0.414 e. The first kappa shape index (κ1) is 21.8. The van der Waals surface area contributed by atoms with Gasteiger partial charge in [0.25, 0.3) is 0 Å². The van der Waals surface area contributed by atoms with Crippen molar-refractivity contribution in [3.63, 3.8) is 0 Å². The normalized spacial score (nSPS) is 19.5. The van der Waals surface area contributed by atoms with E-state index in [1.165, 1.54) is 15.8 Å². The van der Waals surface area contributed by atoms with E-state index in [1.807, 2.05) is 0 Å². The van der Waals surface area contributed by atoms with Crippen LogP contribution in [0.4, 0.5) is 33.7 Å². The van der Waals surface area contributed by atoms with Crippen LogP contribution in [0.1, 0.15) is 0 Å². The molecule has 4 rings (SSSR count). The lowest BCUT2D eigenvalue weighted by Gasteiger charge is -2.25. The van der Waals surface area contributed by atoms with Crippen LogP contribution in [-0.4, -0.2) is 77.3 Å². The summed E-state index contributed by atoms with van der Waals surface area (Å²) < 4.78 is 61.8. The van der Waals surface area contributed by atoms with Crippen molar-refractivity contribution in [2.75, 3.05) is 42.5 Å². The minimum Gasteiger partial charge on any atom is -0.442 e. The van der Waals surface area contributed by atoms with Crippen molar-refractivity contribution >= 4 is 23.4 Å². The molecule has 10 nitrogen and oxygen atoms in total. The van der Waals surface area contributed by atoms with Gasteiger partial charge in [0.15, 0.2) is 11.6 Å². The van der Waals surface area contributed by atoms with E-state index in [2.05, 4.69) is 15.7 Å². The Balaban J connectivity index is 1.47. The molecule has 0 aliphatic carbocycles. The predicted octanol–water partition coefficient (Wildman–Crippen LogP) is 1.00. The fourth-order valence-corrected chi connectivity index (χ4v) is 3.64. The molecule has 172 valence electrons. The monoisotopic (exact) mass is 457 g/mol. The Morgan fingerprint density at radius 2 is 1.97 bits per heavy atom. The number of carbonyl (C=O) groups excluding carboxylic acids is 2. The number of amides is 2. The number of nitrogens with one attached hydrogen (secondary N) is 1. The second-order valence-corrected chi connectivity index (χ2v) is 7.19. The Labute approximate surface area is 179 Å². The Bertz CT molecular complexity index is 968. The number of halogens is 4. The van der Waals surface area contributed by atoms with E-state index >= 15 is 0 Å². The zero-order valence-electron chi connectivity index (χ0n) is 16.6.